The summed E-state index contributed by atoms with van der Waals surface area (Å²) >= 11 is 0. The number of aliphatic hydroxyl groups is 1. The van der Waals surface area contributed by atoms with Crippen molar-refractivity contribution in [2.24, 2.45) is 5.41 Å². The van der Waals surface area contributed by atoms with Gasteiger partial charge in [0.2, 0.25) is 5.91 Å². The third kappa shape index (κ3) is 2.52. The van der Waals surface area contributed by atoms with Gasteiger partial charge in [0, 0.05) is 31.6 Å². The summed E-state index contributed by atoms with van der Waals surface area (Å²) < 4.78 is 0. The van der Waals surface area contributed by atoms with Gasteiger partial charge in [-0.1, -0.05) is 12.1 Å². The minimum atomic E-state index is -0.630. The number of carbonyl (C=O) groups is 1. The second-order valence-corrected chi connectivity index (χ2v) is 6.82. The summed E-state index contributed by atoms with van der Waals surface area (Å²) in [6.45, 7) is 2.96. The summed E-state index contributed by atoms with van der Waals surface area (Å²) in [7, 11) is 0. The number of likely N-dealkylation sites (tertiary alicyclic amines) is 1. The van der Waals surface area contributed by atoms with Crippen molar-refractivity contribution in [3.05, 3.63) is 30.0 Å². The van der Waals surface area contributed by atoms with Gasteiger partial charge in [-0.25, -0.2) is 0 Å². The molecule has 1 aromatic heterocycles. The molecule has 2 aromatic rings. The predicted octanol–water partition coefficient (Wildman–Crippen LogP) is 1.03. The summed E-state index contributed by atoms with van der Waals surface area (Å²) in [5.41, 5.74) is 1.60. The van der Waals surface area contributed by atoms with Crippen LogP contribution in [0, 0.1) is 5.41 Å². The number of nitrogens with zero attached hydrogens (tertiary/aromatic N) is 2. The second-order valence-electron chi connectivity index (χ2n) is 6.82. The Morgan fingerprint density at radius 1 is 1.43 bits per heavy atom. The van der Waals surface area contributed by atoms with Crippen LogP contribution in [0.2, 0.25) is 0 Å². The van der Waals surface area contributed by atoms with Gasteiger partial charge < -0.3 is 10.4 Å². The molecular formula is C17H22N4O2. The van der Waals surface area contributed by atoms with Crippen molar-refractivity contribution >= 4 is 16.8 Å². The van der Waals surface area contributed by atoms with E-state index in [4.69, 9.17) is 0 Å². The van der Waals surface area contributed by atoms with Crippen molar-refractivity contribution in [3.8, 4) is 0 Å². The van der Waals surface area contributed by atoms with Crippen LogP contribution in [-0.2, 0) is 11.3 Å². The number of H-pyrrole nitrogens is 1. The molecule has 0 bridgehead atoms. The van der Waals surface area contributed by atoms with E-state index in [2.05, 4.69) is 38.6 Å². The van der Waals surface area contributed by atoms with Crippen molar-refractivity contribution in [2.45, 2.75) is 31.9 Å². The zero-order valence-electron chi connectivity index (χ0n) is 13.1. The van der Waals surface area contributed by atoms with Gasteiger partial charge in [-0.15, -0.1) is 0 Å². The first-order chi connectivity index (χ1) is 11.2. The molecule has 1 spiro atoms. The quantitative estimate of drug-likeness (QED) is 0.773. The average Bonchev–Trinajstić information content (AvgIpc) is 3.01. The Hall–Kier alpha value is -1.92. The van der Waals surface area contributed by atoms with Gasteiger partial charge in [-0.2, -0.15) is 5.10 Å². The van der Waals surface area contributed by atoms with Crippen LogP contribution in [0.3, 0.4) is 0 Å². The maximum Gasteiger partial charge on any atom is 0.230 e. The molecular weight excluding hydrogens is 292 g/mol. The molecule has 0 unspecified atom stereocenters. The largest absolute Gasteiger partial charge is 0.392 e. The fourth-order valence-electron chi connectivity index (χ4n) is 4.00. The van der Waals surface area contributed by atoms with Crippen molar-refractivity contribution < 1.29 is 9.90 Å². The molecule has 23 heavy (non-hydrogen) atoms. The van der Waals surface area contributed by atoms with Crippen LogP contribution < -0.4 is 5.32 Å². The van der Waals surface area contributed by atoms with Gasteiger partial charge in [0.05, 0.1) is 23.2 Å². The fraction of sp³-hybridized carbons (Fsp3) is 0.529. The number of amides is 1. The van der Waals surface area contributed by atoms with Crippen molar-refractivity contribution in [1.82, 2.24) is 20.4 Å². The lowest BCUT2D eigenvalue weighted by Crippen LogP contribution is -2.61. The van der Waals surface area contributed by atoms with E-state index in [0.29, 0.717) is 13.0 Å². The predicted molar refractivity (Wildman–Crippen MR) is 86.7 cm³/mol. The summed E-state index contributed by atoms with van der Waals surface area (Å²) in [5.74, 6) is 0.0185. The maximum absolute atomic E-state index is 12.4. The molecule has 4 rings (SSSR count). The van der Waals surface area contributed by atoms with E-state index >= 15 is 0 Å². The highest BCUT2D eigenvalue weighted by atomic mass is 16.3. The molecule has 1 amide bonds. The number of aromatic nitrogens is 2. The van der Waals surface area contributed by atoms with Gasteiger partial charge in [0.1, 0.15) is 0 Å². The van der Waals surface area contributed by atoms with Crippen LogP contribution in [0.1, 0.15) is 24.8 Å². The SMILES string of the molecule is O=C1NCCC[C@]12CN(Cc1ccc3cn[nH]c3c1)CC[C@H]2O. The van der Waals surface area contributed by atoms with Crippen LogP contribution in [0.25, 0.3) is 10.9 Å². The van der Waals surface area contributed by atoms with Crippen LogP contribution in [0.5, 0.6) is 0 Å². The van der Waals surface area contributed by atoms with Crippen LogP contribution >= 0.6 is 0 Å². The highest BCUT2D eigenvalue weighted by Crippen LogP contribution is 2.37. The zero-order chi connectivity index (χ0) is 15.9. The highest BCUT2D eigenvalue weighted by molar-refractivity contribution is 5.84. The first-order valence-electron chi connectivity index (χ1n) is 8.28. The van der Waals surface area contributed by atoms with Gasteiger partial charge in [-0.3, -0.25) is 14.8 Å². The summed E-state index contributed by atoms with van der Waals surface area (Å²) in [6.07, 6.45) is 3.65. The monoisotopic (exact) mass is 314 g/mol. The number of fused-ring (bicyclic) bond motifs is 1. The summed E-state index contributed by atoms with van der Waals surface area (Å²) in [5, 5.41) is 21.5. The fourth-order valence-corrected chi connectivity index (χ4v) is 4.00. The molecule has 2 aliphatic rings. The topological polar surface area (TPSA) is 81.2 Å². The first-order valence-corrected chi connectivity index (χ1v) is 8.28. The molecule has 122 valence electrons. The number of carbonyl (C=O) groups excluding carboxylic acids is 1. The Balaban J connectivity index is 1.54. The molecule has 2 saturated heterocycles. The minimum absolute atomic E-state index is 0.0185. The van der Waals surface area contributed by atoms with Crippen LogP contribution in [0.4, 0.5) is 0 Å². The van der Waals surface area contributed by atoms with E-state index in [1.165, 1.54) is 5.56 Å². The normalized spacial score (nSPS) is 29.1. The van der Waals surface area contributed by atoms with E-state index in [-0.39, 0.29) is 5.91 Å². The van der Waals surface area contributed by atoms with Crippen LogP contribution in [-0.4, -0.2) is 51.8 Å². The Bertz CT molecular complexity index is 728. The van der Waals surface area contributed by atoms with Crippen molar-refractivity contribution in [1.29, 1.82) is 0 Å². The van der Waals surface area contributed by atoms with Gasteiger partial charge in [0.25, 0.3) is 0 Å². The molecule has 0 saturated carbocycles. The molecule has 6 nitrogen and oxygen atoms in total. The molecule has 2 aliphatic heterocycles. The van der Waals surface area contributed by atoms with E-state index in [9.17, 15) is 9.90 Å². The van der Waals surface area contributed by atoms with Crippen molar-refractivity contribution in [3.63, 3.8) is 0 Å². The van der Waals surface area contributed by atoms with E-state index in [0.717, 1.165) is 43.4 Å². The Morgan fingerprint density at radius 3 is 3.22 bits per heavy atom. The number of benzene rings is 1. The first kappa shape index (κ1) is 14.7. The molecule has 1 aromatic carbocycles. The lowest BCUT2D eigenvalue weighted by atomic mass is 9.71. The second kappa shape index (κ2) is 5.62. The van der Waals surface area contributed by atoms with Crippen molar-refractivity contribution in [2.75, 3.05) is 19.6 Å². The molecule has 3 N–H and O–H groups in total. The smallest absolute Gasteiger partial charge is 0.230 e. The van der Waals surface area contributed by atoms with E-state index in [1.54, 1.807) is 0 Å². The Morgan fingerprint density at radius 2 is 2.35 bits per heavy atom. The molecule has 0 radical (unpaired) electrons. The summed E-state index contributed by atoms with van der Waals surface area (Å²) in [4.78, 5) is 14.7. The van der Waals surface area contributed by atoms with E-state index in [1.807, 2.05) is 6.20 Å². The number of nitrogens with one attached hydrogen (secondary N) is 2. The Labute approximate surface area is 134 Å². The number of rotatable bonds is 2. The third-order valence-electron chi connectivity index (χ3n) is 5.31. The molecule has 6 heteroatoms. The lowest BCUT2D eigenvalue weighted by Gasteiger charge is -2.47. The molecule has 0 aliphatic carbocycles. The number of aliphatic hydroxyl groups excluding tert-OH is 1. The number of piperidine rings is 2. The maximum atomic E-state index is 12.4. The average molecular weight is 314 g/mol. The standard InChI is InChI=1S/C17H22N4O2/c22-15-4-7-21(11-17(15)5-1-6-18-16(17)23)10-12-2-3-13-9-19-20-14(13)8-12/h2-3,8-9,15,22H,1,4-7,10-11H2,(H,18,23)(H,19,20)/t15-,17-/m1/s1. The highest BCUT2D eigenvalue weighted by Gasteiger charge is 2.49. The Kier molecular flexibility index (Phi) is 3.58. The third-order valence-corrected chi connectivity index (χ3v) is 5.31. The summed E-state index contributed by atoms with van der Waals surface area (Å²) in [6, 6.07) is 6.29. The molecule has 2 fully saturated rings. The lowest BCUT2D eigenvalue weighted by molar-refractivity contribution is -0.149. The van der Waals surface area contributed by atoms with Crippen LogP contribution in [0.15, 0.2) is 24.4 Å². The minimum Gasteiger partial charge on any atom is -0.392 e. The van der Waals surface area contributed by atoms with Gasteiger partial charge in [0.15, 0.2) is 0 Å². The molecule has 2 atom stereocenters. The van der Waals surface area contributed by atoms with Gasteiger partial charge in [-0.05, 0) is 30.9 Å². The number of aromatic amines is 1. The van der Waals surface area contributed by atoms with Gasteiger partial charge >= 0.3 is 0 Å². The zero-order valence-corrected chi connectivity index (χ0v) is 13.1. The van der Waals surface area contributed by atoms with E-state index < -0.39 is 11.5 Å². The molecule has 3 heterocycles. The number of hydrogen-bond acceptors (Lipinski definition) is 4. The number of hydrogen-bond donors (Lipinski definition) is 3.